The molecule has 0 heterocycles. The summed E-state index contributed by atoms with van der Waals surface area (Å²) in [6, 6.07) is 2.08. The Labute approximate surface area is 118 Å². The van der Waals surface area contributed by atoms with Gasteiger partial charge in [0, 0.05) is 38.3 Å². The maximum absolute atomic E-state index is 12.2. The van der Waals surface area contributed by atoms with Crippen LogP contribution in [0.15, 0.2) is 0 Å². The Morgan fingerprint density at radius 2 is 1.63 bits per heavy atom. The molecule has 0 radical (unpaired) electrons. The third kappa shape index (κ3) is 3.62. The van der Waals surface area contributed by atoms with Gasteiger partial charge >= 0.3 is 6.03 Å². The topological polar surface area (TPSA) is 26.8 Å². The van der Waals surface area contributed by atoms with E-state index in [-0.39, 0.29) is 12.1 Å². The Bertz CT molecular complexity index is 300. The molecule has 1 aliphatic rings. The van der Waals surface area contributed by atoms with Crippen LogP contribution in [0.25, 0.3) is 0 Å². The number of nitrogens with zero attached hydrogens (tertiary/aromatic N) is 3. The van der Waals surface area contributed by atoms with E-state index in [1.54, 1.807) is 0 Å². The van der Waals surface area contributed by atoms with Gasteiger partial charge in [0.05, 0.1) is 0 Å². The molecular formula is C15H31N3O. The molecule has 4 heteroatoms. The minimum absolute atomic E-state index is 0.143. The molecule has 1 atom stereocenters. The number of hydrogen-bond acceptors (Lipinski definition) is 2. The van der Waals surface area contributed by atoms with Crippen molar-refractivity contribution in [2.45, 2.75) is 71.1 Å². The lowest BCUT2D eigenvalue weighted by Crippen LogP contribution is -2.57. The van der Waals surface area contributed by atoms with Crippen LogP contribution in [0, 0.1) is 0 Å². The highest BCUT2D eigenvalue weighted by Gasteiger charge is 2.38. The average molecular weight is 269 g/mol. The van der Waals surface area contributed by atoms with Gasteiger partial charge in [0.25, 0.3) is 0 Å². The van der Waals surface area contributed by atoms with Gasteiger partial charge < -0.3 is 14.7 Å². The van der Waals surface area contributed by atoms with Crippen molar-refractivity contribution in [1.82, 2.24) is 14.7 Å². The van der Waals surface area contributed by atoms with Crippen LogP contribution in [0.4, 0.5) is 4.79 Å². The van der Waals surface area contributed by atoms with E-state index in [9.17, 15) is 4.79 Å². The molecule has 0 saturated heterocycles. The molecule has 1 rings (SSSR count). The van der Waals surface area contributed by atoms with Crippen molar-refractivity contribution in [3.8, 4) is 0 Å². The molecular weight excluding hydrogens is 238 g/mol. The number of carbonyl (C=O) groups is 1. The van der Waals surface area contributed by atoms with Crippen molar-refractivity contribution in [3.05, 3.63) is 0 Å². The molecule has 2 amide bonds. The number of urea groups is 1. The number of rotatable bonds is 5. The lowest BCUT2D eigenvalue weighted by Gasteiger charge is -2.47. The predicted molar refractivity (Wildman–Crippen MR) is 80.4 cm³/mol. The maximum Gasteiger partial charge on any atom is 0.319 e. The second kappa shape index (κ2) is 6.60. The Kier molecular flexibility index (Phi) is 5.65. The van der Waals surface area contributed by atoms with Gasteiger partial charge in [-0.15, -0.1) is 0 Å². The van der Waals surface area contributed by atoms with Gasteiger partial charge in [-0.1, -0.05) is 6.92 Å². The van der Waals surface area contributed by atoms with Gasteiger partial charge in [0.2, 0.25) is 0 Å². The van der Waals surface area contributed by atoms with Gasteiger partial charge in [-0.05, 0) is 47.1 Å². The first kappa shape index (κ1) is 16.3. The molecule has 0 aromatic rings. The van der Waals surface area contributed by atoms with Crippen LogP contribution in [-0.2, 0) is 0 Å². The molecule has 1 fully saturated rings. The molecule has 0 N–H and O–H groups in total. The third-order valence-corrected chi connectivity index (χ3v) is 4.88. The lowest BCUT2D eigenvalue weighted by atomic mass is 9.84. The number of amides is 2. The van der Waals surface area contributed by atoms with Gasteiger partial charge in [0.15, 0.2) is 0 Å². The summed E-state index contributed by atoms with van der Waals surface area (Å²) in [7, 11) is 6.02. The Hall–Kier alpha value is -0.770. The second-order valence-electron chi connectivity index (χ2n) is 6.30. The molecule has 0 aromatic carbocycles. The summed E-state index contributed by atoms with van der Waals surface area (Å²) in [6.07, 6.45) is 3.40. The Morgan fingerprint density at radius 1 is 1.11 bits per heavy atom. The summed E-state index contributed by atoms with van der Waals surface area (Å²) in [5.74, 6) is 0. The highest BCUT2D eigenvalue weighted by molar-refractivity contribution is 5.74. The van der Waals surface area contributed by atoms with Crippen LogP contribution >= 0.6 is 0 Å². The fourth-order valence-corrected chi connectivity index (χ4v) is 2.48. The van der Waals surface area contributed by atoms with Crippen molar-refractivity contribution >= 4 is 6.03 Å². The van der Waals surface area contributed by atoms with Crippen LogP contribution in [0.1, 0.15) is 47.0 Å². The van der Waals surface area contributed by atoms with E-state index in [2.05, 4.69) is 25.8 Å². The van der Waals surface area contributed by atoms with Gasteiger partial charge in [-0.25, -0.2) is 4.79 Å². The first-order chi connectivity index (χ1) is 8.79. The van der Waals surface area contributed by atoms with Crippen LogP contribution in [-0.4, -0.2) is 66.0 Å². The van der Waals surface area contributed by atoms with Crippen molar-refractivity contribution in [2.24, 2.45) is 0 Å². The van der Waals surface area contributed by atoms with Gasteiger partial charge in [-0.2, -0.15) is 0 Å². The molecule has 112 valence electrons. The molecule has 0 aliphatic heterocycles. The zero-order chi connectivity index (χ0) is 14.7. The number of carbonyl (C=O) groups excluding carboxylic acids is 1. The van der Waals surface area contributed by atoms with Crippen LogP contribution in [0.5, 0.6) is 0 Å². The van der Waals surface area contributed by atoms with Crippen LogP contribution < -0.4 is 0 Å². The van der Waals surface area contributed by atoms with E-state index >= 15 is 0 Å². The van der Waals surface area contributed by atoms with Gasteiger partial charge in [-0.3, -0.25) is 0 Å². The molecule has 1 aliphatic carbocycles. The molecule has 4 nitrogen and oxygen atoms in total. The zero-order valence-electron chi connectivity index (χ0n) is 13.7. The van der Waals surface area contributed by atoms with Crippen molar-refractivity contribution in [3.63, 3.8) is 0 Å². The normalized spacial score (nSPS) is 24.3. The SMILES string of the molecule is CCC(C)N(C)C1CC(N(C)C(=O)N(C)C(C)C)C1. The van der Waals surface area contributed by atoms with Crippen molar-refractivity contribution in [2.75, 3.05) is 21.1 Å². The predicted octanol–water partition coefficient (Wildman–Crippen LogP) is 2.64. The van der Waals surface area contributed by atoms with Crippen molar-refractivity contribution in [1.29, 1.82) is 0 Å². The quantitative estimate of drug-likeness (QED) is 0.767. The zero-order valence-corrected chi connectivity index (χ0v) is 13.7. The molecule has 0 bridgehead atoms. The first-order valence-corrected chi connectivity index (χ1v) is 7.51. The molecule has 1 saturated carbocycles. The summed E-state index contributed by atoms with van der Waals surface area (Å²) in [4.78, 5) is 18.4. The lowest BCUT2D eigenvalue weighted by molar-refractivity contribution is 0.0414. The fourth-order valence-electron chi connectivity index (χ4n) is 2.48. The number of hydrogen-bond donors (Lipinski definition) is 0. The largest absolute Gasteiger partial charge is 0.325 e. The highest BCUT2D eigenvalue weighted by atomic mass is 16.2. The minimum Gasteiger partial charge on any atom is -0.325 e. The molecule has 0 spiro atoms. The summed E-state index contributed by atoms with van der Waals surface area (Å²) in [6.45, 7) is 8.59. The molecule has 0 aromatic heterocycles. The summed E-state index contributed by atoms with van der Waals surface area (Å²) in [5.41, 5.74) is 0. The van der Waals surface area contributed by atoms with E-state index in [0.717, 1.165) is 12.8 Å². The maximum atomic E-state index is 12.2. The Balaban J connectivity index is 2.44. The van der Waals surface area contributed by atoms with E-state index < -0.39 is 0 Å². The van der Waals surface area contributed by atoms with E-state index in [1.807, 2.05) is 37.7 Å². The smallest absolute Gasteiger partial charge is 0.319 e. The standard InChI is InChI=1S/C15H31N3O/c1-8-12(4)17(6)13-9-14(10-13)18(7)15(19)16(5)11(2)3/h11-14H,8-10H2,1-7H3. The third-order valence-electron chi connectivity index (χ3n) is 4.88. The summed E-state index contributed by atoms with van der Waals surface area (Å²) >= 11 is 0. The van der Waals surface area contributed by atoms with E-state index in [1.165, 1.54) is 6.42 Å². The highest BCUT2D eigenvalue weighted by Crippen LogP contribution is 2.30. The molecule has 19 heavy (non-hydrogen) atoms. The minimum atomic E-state index is 0.143. The van der Waals surface area contributed by atoms with E-state index in [4.69, 9.17) is 0 Å². The fraction of sp³-hybridized carbons (Fsp3) is 0.933. The summed E-state index contributed by atoms with van der Waals surface area (Å²) in [5, 5.41) is 0. The van der Waals surface area contributed by atoms with Crippen molar-refractivity contribution < 1.29 is 4.79 Å². The monoisotopic (exact) mass is 269 g/mol. The second-order valence-corrected chi connectivity index (χ2v) is 6.30. The van der Waals surface area contributed by atoms with E-state index in [0.29, 0.717) is 18.1 Å². The Morgan fingerprint density at radius 3 is 2.05 bits per heavy atom. The van der Waals surface area contributed by atoms with Crippen LogP contribution in [0.2, 0.25) is 0 Å². The summed E-state index contributed by atoms with van der Waals surface area (Å²) < 4.78 is 0. The molecule has 1 unspecified atom stereocenters. The van der Waals surface area contributed by atoms with Gasteiger partial charge in [0.1, 0.15) is 0 Å². The first-order valence-electron chi connectivity index (χ1n) is 7.51. The van der Waals surface area contributed by atoms with Crippen LogP contribution in [0.3, 0.4) is 0 Å². The average Bonchev–Trinajstić information content (AvgIpc) is 2.33.